The summed E-state index contributed by atoms with van der Waals surface area (Å²) in [6, 6.07) is 0. The molecule has 0 rings (SSSR count). The predicted octanol–water partition coefficient (Wildman–Crippen LogP) is -0.785. The fourth-order valence-corrected chi connectivity index (χ4v) is 0. The molecule has 0 amide bonds. The number of nitrogens with two attached hydrogens (primary N) is 1. The summed E-state index contributed by atoms with van der Waals surface area (Å²) in [6.45, 7) is 0. The summed E-state index contributed by atoms with van der Waals surface area (Å²) in [7, 11) is -2.12. The average Bonchev–Trinajstić information content (AvgIpc) is 0.811. The van der Waals surface area contributed by atoms with Crippen molar-refractivity contribution in [1.82, 2.24) is 0 Å². The Hall–Kier alpha value is 0.740. The van der Waals surface area contributed by atoms with Crippen molar-refractivity contribution in [1.29, 1.82) is 0 Å². The van der Waals surface area contributed by atoms with Crippen LogP contribution in [0, 0.1) is 0 Å². The molecular weight excluding hydrogens is 108 g/mol. The van der Waals surface area contributed by atoms with Crippen molar-refractivity contribution >= 4 is 18.4 Å². The van der Waals surface area contributed by atoms with Crippen LogP contribution in [0.25, 0.3) is 0 Å². The van der Waals surface area contributed by atoms with Crippen LogP contribution in [-0.4, -0.2) is 9.79 Å². The minimum atomic E-state index is -2.12. The fourth-order valence-electron chi connectivity index (χ4n) is 0. The number of hydrogen-bond donors (Lipinski definition) is 3. The molecule has 3 nitrogen and oxygen atoms in total. The third kappa shape index (κ3) is 65.0. The molecule has 1 atom stereocenters. The Morgan fingerprint density at radius 1 is 1.40 bits per heavy atom. The van der Waals surface area contributed by atoms with E-state index in [2.05, 4.69) is 5.50 Å². The van der Waals surface area contributed by atoms with Gasteiger partial charge in [-0.05, 0) is 0 Å². The molecule has 0 aliphatic carbocycles. The van der Waals surface area contributed by atoms with Crippen molar-refractivity contribution < 1.29 is 9.79 Å². The van der Waals surface area contributed by atoms with E-state index in [0.29, 0.717) is 0 Å². The van der Waals surface area contributed by atoms with Crippen LogP contribution in [0.5, 0.6) is 0 Å². The Labute approximate surface area is 34.8 Å². The zero-order chi connectivity index (χ0) is 3.58. The van der Waals surface area contributed by atoms with Gasteiger partial charge in [0.1, 0.15) is 0 Å². The van der Waals surface area contributed by atoms with Gasteiger partial charge in [0.2, 0.25) is 8.53 Å². The fraction of sp³-hybridized carbons (Fsp3) is 0. The highest BCUT2D eigenvalue weighted by Crippen LogP contribution is 2.05. The van der Waals surface area contributed by atoms with E-state index in [1.807, 2.05) is 0 Å². The van der Waals surface area contributed by atoms with Crippen LogP contribution in [0.2, 0.25) is 0 Å². The molecule has 0 saturated carbocycles. The lowest BCUT2D eigenvalue weighted by atomic mass is 13.9. The highest BCUT2D eigenvalue weighted by Gasteiger charge is 1.72. The molecule has 0 saturated heterocycles. The minimum absolute atomic E-state index is 0. The van der Waals surface area contributed by atoms with Gasteiger partial charge in [-0.15, -0.1) is 0 Å². The van der Waals surface area contributed by atoms with E-state index in [1.165, 1.54) is 0 Å². The lowest BCUT2D eigenvalue weighted by molar-refractivity contribution is 0.485. The van der Waals surface area contributed by atoms with Crippen molar-refractivity contribution in [3.63, 3.8) is 0 Å². The maximum Gasteiger partial charge on any atom is 0.247 e. The highest BCUT2D eigenvalue weighted by molar-refractivity contribution is 7.42. The number of hydrogen-bond acceptors (Lipinski definition) is 3. The van der Waals surface area contributed by atoms with Crippen molar-refractivity contribution in [3.8, 4) is 0 Å². The average molecular weight is 115 g/mol. The summed E-state index contributed by atoms with van der Waals surface area (Å²) in [5.74, 6) is 0. The first-order valence-corrected chi connectivity index (χ1v) is 1.97. The van der Waals surface area contributed by atoms with Crippen molar-refractivity contribution in [3.05, 3.63) is 0 Å². The highest BCUT2D eigenvalue weighted by atomic mass is 31.2. The summed E-state index contributed by atoms with van der Waals surface area (Å²) < 4.78 is 0. The Morgan fingerprint density at radius 2 is 1.40 bits per heavy atom. The van der Waals surface area contributed by atoms with Gasteiger partial charge >= 0.3 is 0 Å². The molecule has 4 N–H and O–H groups in total. The lowest BCUT2D eigenvalue weighted by Crippen LogP contribution is -1.78. The summed E-state index contributed by atoms with van der Waals surface area (Å²) in [5, 5.41) is 0. The topological polar surface area (TPSA) is 66.5 Å². The molecule has 0 spiro atoms. The third-order valence-electron chi connectivity index (χ3n) is 0. The van der Waals surface area contributed by atoms with Crippen molar-refractivity contribution in [2.24, 2.45) is 5.50 Å². The molecule has 34 valence electrons. The van der Waals surface area contributed by atoms with Gasteiger partial charge in [0, 0.05) is 0 Å². The van der Waals surface area contributed by atoms with E-state index in [9.17, 15) is 0 Å². The monoisotopic (exact) mass is 115 g/mol. The van der Waals surface area contributed by atoms with E-state index in [0.717, 1.165) is 0 Å². The van der Waals surface area contributed by atoms with Gasteiger partial charge in [-0.25, -0.2) is 0 Å². The van der Waals surface area contributed by atoms with Gasteiger partial charge in [-0.2, -0.15) is 9.90 Å². The second-order valence-corrected chi connectivity index (χ2v) is 0.961. The zero-order valence-electron chi connectivity index (χ0n) is 2.63. The Bertz CT molecular complexity index is 12.4. The van der Waals surface area contributed by atoms with Gasteiger partial charge < -0.3 is 9.79 Å². The van der Waals surface area contributed by atoms with Crippen LogP contribution in [0.4, 0.5) is 0 Å². The van der Waals surface area contributed by atoms with E-state index in [4.69, 9.17) is 9.79 Å². The van der Waals surface area contributed by atoms with E-state index < -0.39 is 8.53 Å². The molecule has 0 aliphatic rings. The summed E-state index contributed by atoms with van der Waals surface area (Å²) in [6.07, 6.45) is 0. The molecule has 5 heteroatoms. The molecule has 1 unspecified atom stereocenters. The second-order valence-electron chi connectivity index (χ2n) is 0.320. The van der Waals surface area contributed by atoms with Crippen LogP contribution in [-0.2, 0) is 0 Å². The normalized spacial score (nSPS) is 7.20. The summed E-state index contributed by atoms with van der Waals surface area (Å²) >= 11 is 0. The van der Waals surface area contributed by atoms with Gasteiger partial charge in [-0.3, -0.25) is 5.50 Å². The maximum atomic E-state index is 7.45. The van der Waals surface area contributed by atoms with Gasteiger partial charge in [0.05, 0.1) is 0 Å². The van der Waals surface area contributed by atoms with Crippen LogP contribution in [0.15, 0.2) is 0 Å². The SMILES string of the molecule is NP(O)O.P. The minimum Gasteiger partial charge on any atom is -0.338 e. The largest absolute Gasteiger partial charge is 0.338 e. The first kappa shape index (κ1) is 9.22. The van der Waals surface area contributed by atoms with E-state index in [-0.39, 0.29) is 9.90 Å². The first-order valence-electron chi connectivity index (χ1n) is 0.658. The molecule has 0 aromatic carbocycles. The first-order chi connectivity index (χ1) is 1.73. The number of rotatable bonds is 0. The molecule has 0 heterocycles. The van der Waals surface area contributed by atoms with Crippen molar-refractivity contribution in [2.75, 3.05) is 0 Å². The van der Waals surface area contributed by atoms with E-state index in [1.54, 1.807) is 0 Å². The molecule has 0 aromatic rings. The Kier molecular flexibility index (Phi) is 8.74. The molecule has 5 heavy (non-hydrogen) atoms. The quantitative estimate of drug-likeness (QED) is 0.362. The standard InChI is InChI=1S/H4NO2P.H3P/c1-4(2)3;/h2-3H,1H2;1H3. The summed E-state index contributed by atoms with van der Waals surface area (Å²) in [5.41, 5.74) is 4.29. The summed E-state index contributed by atoms with van der Waals surface area (Å²) in [4.78, 5) is 14.9. The van der Waals surface area contributed by atoms with Gasteiger partial charge in [0.25, 0.3) is 0 Å². The van der Waals surface area contributed by atoms with Crippen LogP contribution in [0.3, 0.4) is 0 Å². The van der Waals surface area contributed by atoms with Crippen LogP contribution < -0.4 is 5.50 Å². The third-order valence-corrected chi connectivity index (χ3v) is 0. The van der Waals surface area contributed by atoms with Crippen LogP contribution in [0.1, 0.15) is 0 Å². The molecule has 0 fully saturated rings. The molecular formula is H7NO2P2. The van der Waals surface area contributed by atoms with E-state index >= 15 is 0 Å². The van der Waals surface area contributed by atoms with Crippen molar-refractivity contribution in [2.45, 2.75) is 0 Å². The Balaban J connectivity index is 0. The molecule has 0 aliphatic heterocycles. The second kappa shape index (κ2) is 4.74. The smallest absolute Gasteiger partial charge is 0.247 e. The van der Waals surface area contributed by atoms with Crippen LogP contribution >= 0.6 is 18.4 Å². The molecule has 0 radical (unpaired) electrons. The Morgan fingerprint density at radius 3 is 1.40 bits per heavy atom. The van der Waals surface area contributed by atoms with Gasteiger partial charge in [-0.1, -0.05) is 0 Å². The maximum absolute atomic E-state index is 7.45. The molecule has 0 bridgehead atoms. The van der Waals surface area contributed by atoms with Gasteiger partial charge in [0.15, 0.2) is 0 Å². The predicted molar refractivity (Wildman–Crippen MR) is 26.7 cm³/mol. The zero-order valence-corrected chi connectivity index (χ0v) is 4.93. The molecule has 0 aromatic heterocycles. The lowest BCUT2D eigenvalue weighted by Gasteiger charge is -1.79.